The molecular formula is C14H11F3N2OS. The molecule has 1 aromatic heterocycles. The van der Waals surface area contributed by atoms with Crippen molar-refractivity contribution in [3.63, 3.8) is 0 Å². The van der Waals surface area contributed by atoms with Gasteiger partial charge in [-0.3, -0.25) is 0 Å². The molecule has 0 saturated carbocycles. The third-order valence-corrected chi connectivity index (χ3v) is 3.48. The fourth-order valence-electron chi connectivity index (χ4n) is 1.58. The Balaban J connectivity index is 2.24. The number of hydrogen-bond acceptors (Lipinski definition) is 4. The molecule has 1 heterocycles. The van der Waals surface area contributed by atoms with Crippen molar-refractivity contribution < 1.29 is 18.0 Å². The maximum atomic E-state index is 12.5. The lowest BCUT2D eigenvalue weighted by atomic mass is 10.1. The first kappa shape index (κ1) is 15.3. The van der Waals surface area contributed by atoms with Gasteiger partial charge in [-0.05, 0) is 29.1 Å². The maximum absolute atomic E-state index is 12.5. The van der Waals surface area contributed by atoms with Crippen LogP contribution in [0.25, 0.3) is 5.70 Å². The quantitative estimate of drug-likeness (QED) is 0.527. The summed E-state index contributed by atoms with van der Waals surface area (Å²) in [6, 6.07) is 8.12. The van der Waals surface area contributed by atoms with Crippen molar-refractivity contribution in [2.75, 3.05) is 0 Å². The molecule has 0 radical (unpaired) electrons. The van der Waals surface area contributed by atoms with Gasteiger partial charge in [-0.15, -0.1) is 11.3 Å². The minimum atomic E-state index is -4.37. The molecule has 0 fully saturated rings. The summed E-state index contributed by atoms with van der Waals surface area (Å²) < 4.78 is 37.5. The predicted molar refractivity (Wildman–Crippen MR) is 76.6 cm³/mol. The van der Waals surface area contributed by atoms with Crippen LogP contribution < -0.4 is 5.90 Å². The summed E-state index contributed by atoms with van der Waals surface area (Å²) in [5.74, 6) is 5.32. The lowest BCUT2D eigenvalue weighted by Crippen LogP contribution is -2.10. The molecule has 0 saturated heterocycles. The Morgan fingerprint density at radius 3 is 2.33 bits per heavy atom. The zero-order valence-corrected chi connectivity index (χ0v) is 11.5. The lowest BCUT2D eigenvalue weighted by Gasteiger charge is -2.08. The number of alkyl halides is 3. The van der Waals surface area contributed by atoms with Crippen LogP contribution in [0.15, 0.2) is 53.3 Å². The highest BCUT2D eigenvalue weighted by atomic mass is 32.1. The predicted octanol–water partition coefficient (Wildman–Crippen LogP) is 4.07. The van der Waals surface area contributed by atoms with Crippen LogP contribution in [0.2, 0.25) is 0 Å². The highest BCUT2D eigenvalue weighted by Gasteiger charge is 2.30. The fourth-order valence-corrected chi connectivity index (χ4v) is 2.23. The van der Waals surface area contributed by atoms with Gasteiger partial charge in [-0.2, -0.15) is 19.1 Å². The molecule has 0 spiro atoms. The second-order valence-electron chi connectivity index (χ2n) is 4.03. The van der Waals surface area contributed by atoms with Crippen molar-refractivity contribution in [3.05, 3.63) is 64.4 Å². The van der Waals surface area contributed by atoms with Crippen molar-refractivity contribution in [2.45, 2.75) is 6.18 Å². The Hall–Kier alpha value is -2.12. The van der Waals surface area contributed by atoms with Gasteiger partial charge >= 0.3 is 6.18 Å². The molecule has 0 aliphatic carbocycles. The number of thiophene rings is 1. The third-order valence-electron chi connectivity index (χ3n) is 2.63. The second-order valence-corrected chi connectivity index (χ2v) is 4.98. The van der Waals surface area contributed by atoms with Crippen molar-refractivity contribution in [3.8, 4) is 0 Å². The Morgan fingerprint density at radius 1 is 1.19 bits per heavy atom. The first-order valence-electron chi connectivity index (χ1n) is 5.77. The number of aliphatic imine (C=N–C) groups is 1. The Morgan fingerprint density at radius 2 is 1.86 bits per heavy atom. The normalized spacial score (nSPS) is 12.3. The molecule has 0 atom stereocenters. The first-order valence-corrected chi connectivity index (χ1v) is 6.65. The van der Waals surface area contributed by atoms with E-state index in [0.29, 0.717) is 10.4 Å². The number of nitrogens with zero attached hydrogens (tertiary/aromatic N) is 1. The van der Waals surface area contributed by atoms with E-state index in [9.17, 15) is 13.2 Å². The molecule has 1 aromatic carbocycles. The minimum Gasteiger partial charge on any atom is -0.390 e. The van der Waals surface area contributed by atoms with E-state index in [0.717, 1.165) is 12.1 Å². The monoisotopic (exact) mass is 312 g/mol. The maximum Gasteiger partial charge on any atom is 0.416 e. The van der Waals surface area contributed by atoms with E-state index in [1.54, 1.807) is 12.1 Å². The third kappa shape index (κ3) is 3.71. The van der Waals surface area contributed by atoms with Crippen LogP contribution in [-0.4, -0.2) is 5.90 Å². The molecule has 21 heavy (non-hydrogen) atoms. The van der Waals surface area contributed by atoms with Gasteiger partial charge in [0, 0.05) is 0 Å². The van der Waals surface area contributed by atoms with Crippen LogP contribution in [0, 0.1) is 0 Å². The summed E-state index contributed by atoms with van der Waals surface area (Å²) in [7, 11) is 0. The van der Waals surface area contributed by atoms with Crippen molar-refractivity contribution in [1.29, 1.82) is 0 Å². The van der Waals surface area contributed by atoms with Crippen LogP contribution in [0.1, 0.15) is 16.0 Å². The summed E-state index contributed by atoms with van der Waals surface area (Å²) in [6.07, 6.45) is -4.37. The van der Waals surface area contributed by atoms with Gasteiger partial charge in [0.25, 0.3) is 5.90 Å². The van der Waals surface area contributed by atoms with Crippen LogP contribution in [0.3, 0.4) is 0 Å². The average Bonchev–Trinajstić information content (AvgIpc) is 2.97. The number of rotatable bonds is 3. The Labute approximate surface area is 123 Å². The molecule has 2 rings (SSSR count). The molecule has 0 unspecified atom stereocenters. The summed E-state index contributed by atoms with van der Waals surface area (Å²) in [6.45, 7) is 3.71. The average molecular weight is 312 g/mol. The molecule has 0 aliphatic rings. The van der Waals surface area contributed by atoms with Crippen LogP contribution in [0.4, 0.5) is 13.2 Å². The number of hydrogen-bond donors (Lipinski definition) is 1. The Bertz CT molecular complexity index is 646. The van der Waals surface area contributed by atoms with Gasteiger partial charge in [0.05, 0.1) is 16.1 Å². The van der Waals surface area contributed by atoms with E-state index in [1.807, 2.05) is 5.38 Å². The summed E-state index contributed by atoms with van der Waals surface area (Å²) >= 11 is 1.37. The topological polar surface area (TPSA) is 47.6 Å². The zero-order valence-electron chi connectivity index (χ0n) is 10.7. The molecule has 0 aliphatic heterocycles. The molecule has 2 aromatic rings. The summed E-state index contributed by atoms with van der Waals surface area (Å²) in [5.41, 5.74) is -0.0109. The molecule has 0 bridgehead atoms. The van der Waals surface area contributed by atoms with E-state index < -0.39 is 11.7 Å². The highest BCUT2D eigenvalue weighted by molar-refractivity contribution is 7.12. The van der Waals surface area contributed by atoms with Crippen LogP contribution in [0.5, 0.6) is 0 Å². The van der Waals surface area contributed by atoms with Gasteiger partial charge in [0.1, 0.15) is 0 Å². The number of nitrogens with two attached hydrogens (primary N) is 1. The van der Waals surface area contributed by atoms with Gasteiger partial charge in [-0.1, -0.05) is 24.8 Å². The van der Waals surface area contributed by atoms with Crippen LogP contribution >= 0.6 is 11.3 Å². The van der Waals surface area contributed by atoms with E-state index >= 15 is 0 Å². The summed E-state index contributed by atoms with van der Waals surface area (Å²) in [5, 5.41) is 1.82. The van der Waals surface area contributed by atoms with Crippen LogP contribution in [-0.2, 0) is 11.0 Å². The van der Waals surface area contributed by atoms with Crippen molar-refractivity contribution >= 4 is 22.9 Å². The second kappa shape index (κ2) is 6.11. The Kier molecular flexibility index (Phi) is 4.44. The van der Waals surface area contributed by atoms with Crippen molar-refractivity contribution in [2.24, 2.45) is 10.9 Å². The summed E-state index contributed by atoms with van der Waals surface area (Å²) in [4.78, 5) is 9.49. The molecular weight excluding hydrogens is 301 g/mol. The number of benzene rings is 1. The highest BCUT2D eigenvalue weighted by Crippen LogP contribution is 2.30. The SMILES string of the molecule is C=C(/N=C(\ON)c1cccs1)c1ccc(C(F)(F)F)cc1. The first-order chi connectivity index (χ1) is 9.91. The van der Waals surface area contributed by atoms with E-state index in [-0.39, 0.29) is 11.6 Å². The zero-order chi connectivity index (χ0) is 15.5. The standard InChI is InChI=1S/C14H11F3N2OS/c1-9(19-13(20-18)12-3-2-8-21-12)10-4-6-11(7-5-10)14(15,16)17/h2-8H,1,18H2/b19-13-. The van der Waals surface area contributed by atoms with Gasteiger partial charge < -0.3 is 4.84 Å². The van der Waals surface area contributed by atoms with Gasteiger partial charge in [0.15, 0.2) is 0 Å². The molecule has 2 N–H and O–H groups in total. The lowest BCUT2D eigenvalue weighted by molar-refractivity contribution is -0.137. The largest absolute Gasteiger partial charge is 0.416 e. The number of halogens is 3. The van der Waals surface area contributed by atoms with E-state index in [2.05, 4.69) is 16.4 Å². The molecule has 0 amide bonds. The van der Waals surface area contributed by atoms with E-state index in [1.165, 1.54) is 23.5 Å². The smallest absolute Gasteiger partial charge is 0.390 e. The van der Waals surface area contributed by atoms with Gasteiger partial charge in [-0.25, -0.2) is 4.99 Å². The van der Waals surface area contributed by atoms with Gasteiger partial charge in [0.2, 0.25) is 0 Å². The van der Waals surface area contributed by atoms with E-state index in [4.69, 9.17) is 5.90 Å². The molecule has 110 valence electrons. The molecule has 3 nitrogen and oxygen atoms in total. The minimum absolute atomic E-state index is 0.162. The van der Waals surface area contributed by atoms with Crippen molar-refractivity contribution in [1.82, 2.24) is 0 Å². The molecule has 7 heteroatoms. The fraction of sp³-hybridized carbons (Fsp3) is 0.0714.